The van der Waals surface area contributed by atoms with Crippen LogP contribution in [0.15, 0.2) is 47.3 Å². The standard InChI is InChI=1S/C15H11FN2O2.C4H10N2/c16-12-6-5-9(8-14(12)19)7-13-10-3-1-2-4-11(10)15(20)18-17-13;1-2-6-4-3-5-1/h1-6,8,19H,7H2,(H,18,20);5-6H,1-4H2. The van der Waals surface area contributed by atoms with Gasteiger partial charge in [-0.05, 0) is 23.8 Å². The zero-order valence-corrected chi connectivity index (χ0v) is 14.3. The number of hydrogen-bond donors (Lipinski definition) is 4. The van der Waals surface area contributed by atoms with Crippen molar-refractivity contribution in [2.24, 2.45) is 0 Å². The number of rotatable bonds is 2. The number of fused-ring (bicyclic) bond motifs is 1. The Labute approximate surface area is 150 Å². The molecule has 0 unspecified atom stereocenters. The highest BCUT2D eigenvalue weighted by molar-refractivity contribution is 5.83. The first-order valence-corrected chi connectivity index (χ1v) is 8.50. The summed E-state index contributed by atoms with van der Waals surface area (Å²) in [7, 11) is 0. The minimum absolute atomic E-state index is 0.244. The molecule has 0 saturated carbocycles. The number of aromatic hydroxyl groups is 1. The minimum atomic E-state index is -0.659. The SMILES string of the molecule is C1CNCCN1.O=c1[nH]nc(Cc2ccc(F)c(O)c2)c2ccccc12. The highest BCUT2D eigenvalue weighted by Gasteiger charge is 2.08. The van der Waals surface area contributed by atoms with Crippen molar-refractivity contribution >= 4 is 10.8 Å². The number of benzene rings is 2. The molecule has 2 aromatic carbocycles. The van der Waals surface area contributed by atoms with E-state index in [0.29, 0.717) is 23.1 Å². The lowest BCUT2D eigenvalue weighted by Gasteiger charge is -2.11. The van der Waals surface area contributed by atoms with E-state index in [1.807, 2.05) is 12.1 Å². The van der Waals surface area contributed by atoms with E-state index in [2.05, 4.69) is 20.8 Å². The number of hydrogen-bond acceptors (Lipinski definition) is 5. The van der Waals surface area contributed by atoms with Gasteiger partial charge in [-0.1, -0.05) is 24.3 Å². The predicted octanol–water partition coefficient (Wildman–Crippen LogP) is 1.54. The highest BCUT2D eigenvalue weighted by Crippen LogP contribution is 2.21. The molecule has 0 spiro atoms. The van der Waals surface area contributed by atoms with Gasteiger partial charge in [-0.2, -0.15) is 5.10 Å². The Kier molecular flexibility index (Phi) is 5.93. The van der Waals surface area contributed by atoms with Crippen LogP contribution < -0.4 is 16.2 Å². The van der Waals surface area contributed by atoms with Crippen molar-refractivity contribution in [1.29, 1.82) is 0 Å². The van der Waals surface area contributed by atoms with E-state index in [-0.39, 0.29) is 5.56 Å². The molecule has 0 atom stereocenters. The van der Waals surface area contributed by atoms with Crippen LogP contribution in [-0.4, -0.2) is 41.5 Å². The number of H-pyrrole nitrogens is 1. The average Bonchev–Trinajstić information content (AvgIpc) is 2.69. The van der Waals surface area contributed by atoms with Crippen molar-refractivity contribution in [1.82, 2.24) is 20.8 Å². The van der Waals surface area contributed by atoms with Gasteiger partial charge < -0.3 is 15.7 Å². The lowest BCUT2D eigenvalue weighted by molar-refractivity contribution is 0.431. The fourth-order valence-electron chi connectivity index (χ4n) is 2.77. The predicted molar refractivity (Wildman–Crippen MR) is 99.0 cm³/mol. The molecule has 3 aromatic rings. The molecule has 4 N–H and O–H groups in total. The van der Waals surface area contributed by atoms with Crippen molar-refractivity contribution in [3.63, 3.8) is 0 Å². The quantitative estimate of drug-likeness (QED) is 0.559. The van der Waals surface area contributed by atoms with E-state index in [1.54, 1.807) is 18.2 Å². The van der Waals surface area contributed by atoms with Crippen LogP contribution >= 0.6 is 0 Å². The zero-order chi connectivity index (χ0) is 18.4. The van der Waals surface area contributed by atoms with Gasteiger partial charge in [-0.15, -0.1) is 0 Å². The first-order chi connectivity index (χ1) is 12.6. The Morgan fingerprint density at radius 1 is 1.00 bits per heavy atom. The molecule has 1 aromatic heterocycles. The van der Waals surface area contributed by atoms with E-state index in [9.17, 15) is 14.3 Å². The second-order valence-corrected chi connectivity index (χ2v) is 6.01. The molecule has 0 bridgehead atoms. The minimum Gasteiger partial charge on any atom is -0.505 e. The molecule has 2 heterocycles. The Morgan fingerprint density at radius 3 is 2.27 bits per heavy atom. The van der Waals surface area contributed by atoms with Crippen LogP contribution in [0.5, 0.6) is 5.75 Å². The molecular formula is C19H21FN4O2. The smallest absolute Gasteiger partial charge is 0.272 e. The number of nitrogens with one attached hydrogen (secondary N) is 3. The molecule has 7 heteroatoms. The second kappa shape index (κ2) is 8.55. The van der Waals surface area contributed by atoms with Gasteiger partial charge in [0.05, 0.1) is 11.1 Å². The fourth-order valence-corrected chi connectivity index (χ4v) is 2.77. The molecular weight excluding hydrogens is 335 g/mol. The van der Waals surface area contributed by atoms with Gasteiger partial charge in [0, 0.05) is 38.0 Å². The van der Waals surface area contributed by atoms with Gasteiger partial charge in [-0.25, -0.2) is 9.49 Å². The maximum Gasteiger partial charge on any atom is 0.272 e. The molecule has 6 nitrogen and oxygen atoms in total. The fraction of sp³-hybridized carbons (Fsp3) is 0.263. The van der Waals surface area contributed by atoms with Crippen molar-refractivity contribution in [3.8, 4) is 5.75 Å². The van der Waals surface area contributed by atoms with Crippen LogP contribution in [0.1, 0.15) is 11.3 Å². The van der Waals surface area contributed by atoms with E-state index in [4.69, 9.17) is 0 Å². The maximum atomic E-state index is 13.0. The molecule has 0 radical (unpaired) electrons. The van der Waals surface area contributed by atoms with Crippen molar-refractivity contribution in [3.05, 3.63) is 69.9 Å². The van der Waals surface area contributed by atoms with Crippen LogP contribution in [0.4, 0.5) is 4.39 Å². The maximum absolute atomic E-state index is 13.0. The topological polar surface area (TPSA) is 90.0 Å². The molecule has 1 fully saturated rings. The Balaban J connectivity index is 0.000000278. The molecule has 4 rings (SSSR count). The average molecular weight is 356 g/mol. The van der Waals surface area contributed by atoms with E-state index in [1.165, 1.54) is 12.1 Å². The zero-order valence-electron chi connectivity index (χ0n) is 14.3. The van der Waals surface area contributed by atoms with Crippen molar-refractivity contribution < 1.29 is 9.50 Å². The van der Waals surface area contributed by atoms with Gasteiger partial charge >= 0.3 is 0 Å². The third kappa shape index (κ3) is 4.44. The van der Waals surface area contributed by atoms with Gasteiger partial charge in [0.25, 0.3) is 5.56 Å². The Bertz CT molecular complexity index is 927. The molecule has 1 aliphatic rings. The summed E-state index contributed by atoms with van der Waals surface area (Å²) in [5.74, 6) is -1.05. The van der Waals surface area contributed by atoms with Gasteiger partial charge in [0.2, 0.25) is 0 Å². The first-order valence-electron chi connectivity index (χ1n) is 8.50. The molecule has 0 amide bonds. The summed E-state index contributed by atoms with van der Waals surface area (Å²) < 4.78 is 13.0. The highest BCUT2D eigenvalue weighted by atomic mass is 19.1. The Morgan fingerprint density at radius 2 is 1.65 bits per heavy atom. The number of aromatic nitrogens is 2. The number of phenolic OH excluding ortho intramolecular Hbond substituents is 1. The molecule has 26 heavy (non-hydrogen) atoms. The van der Waals surface area contributed by atoms with Gasteiger partial charge in [-0.3, -0.25) is 4.79 Å². The van der Waals surface area contributed by atoms with Crippen molar-refractivity contribution in [2.75, 3.05) is 26.2 Å². The normalized spacial score (nSPS) is 13.9. The third-order valence-electron chi connectivity index (χ3n) is 4.11. The molecule has 1 aliphatic heterocycles. The summed E-state index contributed by atoms with van der Waals surface area (Å²) in [6.45, 7) is 4.56. The number of aromatic amines is 1. The molecule has 136 valence electrons. The monoisotopic (exact) mass is 356 g/mol. The second-order valence-electron chi connectivity index (χ2n) is 6.01. The van der Waals surface area contributed by atoms with Crippen LogP contribution in [-0.2, 0) is 6.42 Å². The van der Waals surface area contributed by atoms with E-state index < -0.39 is 11.6 Å². The lowest BCUT2D eigenvalue weighted by atomic mass is 10.0. The largest absolute Gasteiger partial charge is 0.505 e. The molecule has 0 aliphatic carbocycles. The first kappa shape index (κ1) is 18.0. The van der Waals surface area contributed by atoms with E-state index in [0.717, 1.165) is 31.6 Å². The van der Waals surface area contributed by atoms with Crippen molar-refractivity contribution in [2.45, 2.75) is 6.42 Å². The Hall–Kier alpha value is -2.77. The van der Waals surface area contributed by atoms with Gasteiger partial charge in [0.1, 0.15) is 0 Å². The van der Waals surface area contributed by atoms with E-state index >= 15 is 0 Å². The summed E-state index contributed by atoms with van der Waals surface area (Å²) in [6.07, 6.45) is 0.394. The summed E-state index contributed by atoms with van der Waals surface area (Å²) in [4.78, 5) is 11.7. The summed E-state index contributed by atoms with van der Waals surface area (Å²) >= 11 is 0. The van der Waals surface area contributed by atoms with Crippen LogP contribution in [0.2, 0.25) is 0 Å². The summed E-state index contributed by atoms with van der Waals surface area (Å²) in [6, 6.07) is 11.3. The number of piperazine rings is 1. The number of halogens is 1. The number of phenols is 1. The summed E-state index contributed by atoms with van der Waals surface area (Å²) in [5.41, 5.74) is 1.14. The van der Waals surface area contributed by atoms with Crippen LogP contribution in [0.3, 0.4) is 0 Å². The molecule has 1 saturated heterocycles. The van der Waals surface area contributed by atoms with Gasteiger partial charge in [0.15, 0.2) is 11.6 Å². The lowest BCUT2D eigenvalue weighted by Crippen LogP contribution is -2.39. The van der Waals surface area contributed by atoms with Crippen LogP contribution in [0, 0.1) is 5.82 Å². The summed E-state index contributed by atoms with van der Waals surface area (Å²) in [5, 5.41) is 23.6. The van der Waals surface area contributed by atoms with Crippen LogP contribution in [0.25, 0.3) is 10.8 Å². The number of nitrogens with zero attached hydrogens (tertiary/aromatic N) is 1. The third-order valence-corrected chi connectivity index (χ3v) is 4.11.